The maximum atomic E-state index is 11.2. The van der Waals surface area contributed by atoms with E-state index in [1.54, 1.807) is 19.2 Å². The second kappa shape index (κ2) is 8.41. The molecule has 0 radical (unpaired) electrons. The molecule has 18 heavy (non-hydrogen) atoms. The normalized spacial score (nSPS) is 10.1. The third-order valence-electron chi connectivity index (χ3n) is 2.56. The highest BCUT2D eigenvalue weighted by atomic mass is 16.1. The van der Waals surface area contributed by atoms with E-state index < -0.39 is 0 Å². The standard InChI is InChI=1S/C12H21N5O/c1-14-12(18)10-6-7-11(17-16-10)15-9-5-3-2-4-8-13/h6-7H,2-5,8-9,13H2,1H3,(H,14,18)(H,15,17). The van der Waals surface area contributed by atoms with Crippen LogP contribution in [-0.2, 0) is 0 Å². The number of nitrogens with two attached hydrogens (primary N) is 1. The maximum absolute atomic E-state index is 11.2. The van der Waals surface area contributed by atoms with Crippen LogP contribution >= 0.6 is 0 Å². The summed E-state index contributed by atoms with van der Waals surface area (Å²) in [6, 6.07) is 3.42. The molecule has 1 rings (SSSR count). The van der Waals surface area contributed by atoms with Crippen molar-refractivity contribution in [2.75, 3.05) is 25.5 Å². The molecule has 0 aromatic carbocycles. The molecule has 0 saturated carbocycles. The van der Waals surface area contributed by atoms with Gasteiger partial charge in [0.1, 0.15) is 5.82 Å². The lowest BCUT2D eigenvalue weighted by Gasteiger charge is -2.05. The third-order valence-corrected chi connectivity index (χ3v) is 2.56. The minimum atomic E-state index is -0.226. The van der Waals surface area contributed by atoms with Gasteiger partial charge in [-0.1, -0.05) is 12.8 Å². The fourth-order valence-electron chi connectivity index (χ4n) is 1.52. The Labute approximate surface area is 107 Å². The van der Waals surface area contributed by atoms with E-state index in [-0.39, 0.29) is 5.91 Å². The van der Waals surface area contributed by atoms with E-state index in [0.29, 0.717) is 11.5 Å². The fraction of sp³-hybridized carbons (Fsp3) is 0.583. The summed E-state index contributed by atoms with van der Waals surface area (Å²) in [5.74, 6) is 0.470. The second-order valence-electron chi connectivity index (χ2n) is 4.01. The minimum absolute atomic E-state index is 0.226. The first-order chi connectivity index (χ1) is 8.77. The molecule has 0 saturated heterocycles. The number of carbonyl (C=O) groups excluding carboxylic acids is 1. The molecule has 1 amide bonds. The van der Waals surface area contributed by atoms with Crippen molar-refractivity contribution in [3.63, 3.8) is 0 Å². The molecule has 6 heteroatoms. The van der Waals surface area contributed by atoms with Crippen LogP contribution in [0.4, 0.5) is 5.82 Å². The van der Waals surface area contributed by atoms with Gasteiger partial charge in [0.15, 0.2) is 5.69 Å². The Kier molecular flexibility index (Phi) is 6.71. The van der Waals surface area contributed by atoms with Gasteiger partial charge in [0.05, 0.1) is 0 Å². The topological polar surface area (TPSA) is 92.9 Å². The number of unbranched alkanes of at least 4 members (excludes halogenated alkanes) is 3. The van der Waals surface area contributed by atoms with Crippen LogP contribution in [0.3, 0.4) is 0 Å². The Morgan fingerprint density at radius 3 is 2.61 bits per heavy atom. The summed E-state index contributed by atoms with van der Waals surface area (Å²) in [5.41, 5.74) is 5.74. The van der Waals surface area contributed by atoms with Gasteiger partial charge in [0, 0.05) is 13.6 Å². The predicted molar refractivity (Wildman–Crippen MR) is 71.4 cm³/mol. The van der Waals surface area contributed by atoms with Crippen molar-refractivity contribution in [1.29, 1.82) is 0 Å². The molecule has 100 valence electrons. The molecule has 6 nitrogen and oxygen atoms in total. The van der Waals surface area contributed by atoms with Crippen LogP contribution in [0.1, 0.15) is 36.2 Å². The summed E-state index contributed by atoms with van der Waals surface area (Å²) in [7, 11) is 1.57. The van der Waals surface area contributed by atoms with Crippen molar-refractivity contribution >= 4 is 11.7 Å². The molecule has 0 aliphatic carbocycles. The largest absolute Gasteiger partial charge is 0.369 e. The van der Waals surface area contributed by atoms with E-state index in [1.807, 2.05) is 0 Å². The molecular weight excluding hydrogens is 230 g/mol. The Bertz CT molecular complexity index is 352. The minimum Gasteiger partial charge on any atom is -0.369 e. The van der Waals surface area contributed by atoms with Crippen LogP contribution in [-0.4, -0.2) is 36.2 Å². The lowest BCUT2D eigenvalue weighted by Crippen LogP contribution is -2.19. The smallest absolute Gasteiger partial charge is 0.271 e. The SMILES string of the molecule is CNC(=O)c1ccc(NCCCCCCN)nn1. The molecular formula is C12H21N5O. The molecule has 1 aromatic heterocycles. The first-order valence-electron chi connectivity index (χ1n) is 6.27. The summed E-state index contributed by atoms with van der Waals surface area (Å²) in [5, 5.41) is 13.4. The zero-order chi connectivity index (χ0) is 13.2. The summed E-state index contributed by atoms with van der Waals surface area (Å²) in [6.45, 7) is 1.62. The van der Waals surface area contributed by atoms with Crippen LogP contribution in [0, 0.1) is 0 Å². The van der Waals surface area contributed by atoms with Crippen LogP contribution in [0.15, 0.2) is 12.1 Å². The van der Waals surface area contributed by atoms with Crippen LogP contribution in [0.5, 0.6) is 0 Å². The van der Waals surface area contributed by atoms with Gasteiger partial charge in [-0.15, -0.1) is 10.2 Å². The Morgan fingerprint density at radius 2 is 2.00 bits per heavy atom. The van der Waals surface area contributed by atoms with E-state index >= 15 is 0 Å². The van der Waals surface area contributed by atoms with Crippen molar-refractivity contribution in [3.8, 4) is 0 Å². The molecule has 1 aromatic rings. The number of aromatic nitrogens is 2. The molecule has 0 fully saturated rings. The molecule has 0 unspecified atom stereocenters. The highest BCUT2D eigenvalue weighted by Gasteiger charge is 2.04. The van der Waals surface area contributed by atoms with E-state index in [2.05, 4.69) is 20.8 Å². The first-order valence-corrected chi connectivity index (χ1v) is 6.27. The lowest BCUT2D eigenvalue weighted by molar-refractivity contribution is 0.0957. The van der Waals surface area contributed by atoms with Gasteiger partial charge in [0.2, 0.25) is 0 Å². The van der Waals surface area contributed by atoms with E-state index in [0.717, 1.165) is 32.4 Å². The van der Waals surface area contributed by atoms with Crippen LogP contribution < -0.4 is 16.4 Å². The zero-order valence-electron chi connectivity index (χ0n) is 10.8. The van der Waals surface area contributed by atoms with Crippen molar-refractivity contribution < 1.29 is 4.79 Å². The fourth-order valence-corrected chi connectivity index (χ4v) is 1.52. The average Bonchev–Trinajstić information content (AvgIpc) is 2.42. The highest BCUT2D eigenvalue weighted by molar-refractivity contribution is 5.91. The summed E-state index contributed by atoms with van der Waals surface area (Å²) in [4.78, 5) is 11.2. The predicted octanol–water partition coefficient (Wildman–Crippen LogP) is 0.767. The first kappa shape index (κ1) is 14.4. The maximum Gasteiger partial charge on any atom is 0.271 e. The zero-order valence-corrected chi connectivity index (χ0v) is 10.8. The summed E-state index contributed by atoms with van der Waals surface area (Å²) < 4.78 is 0. The van der Waals surface area contributed by atoms with Crippen LogP contribution in [0.25, 0.3) is 0 Å². The van der Waals surface area contributed by atoms with Crippen molar-refractivity contribution in [2.24, 2.45) is 5.73 Å². The Hall–Kier alpha value is -1.69. The van der Waals surface area contributed by atoms with Crippen molar-refractivity contribution in [1.82, 2.24) is 15.5 Å². The van der Waals surface area contributed by atoms with E-state index in [4.69, 9.17) is 5.73 Å². The molecule has 4 N–H and O–H groups in total. The number of amides is 1. The number of hydrogen-bond donors (Lipinski definition) is 3. The van der Waals surface area contributed by atoms with Gasteiger partial charge in [-0.3, -0.25) is 4.79 Å². The number of hydrogen-bond acceptors (Lipinski definition) is 5. The second-order valence-corrected chi connectivity index (χ2v) is 4.01. The van der Waals surface area contributed by atoms with Crippen LogP contribution in [0.2, 0.25) is 0 Å². The molecule has 0 aliphatic rings. The van der Waals surface area contributed by atoms with Gasteiger partial charge in [-0.2, -0.15) is 0 Å². The summed E-state index contributed by atoms with van der Waals surface area (Å²) >= 11 is 0. The summed E-state index contributed by atoms with van der Waals surface area (Å²) in [6.07, 6.45) is 4.49. The Balaban J connectivity index is 2.25. The number of nitrogens with one attached hydrogen (secondary N) is 2. The quantitative estimate of drug-likeness (QED) is 0.593. The van der Waals surface area contributed by atoms with Gasteiger partial charge in [-0.25, -0.2) is 0 Å². The van der Waals surface area contributed by atoms with Gasteiger partial charge < -0.3 is 16.4 Å². The third kappa shape index (κ3) is 5.09. The van der Waals surface area contributed by atoms with E-state index in [1.165, 1.54) is 6.42 Å². The Morgan fingerprint density at radius 1 is 1.22 bits per heavy atom. The monoisotopic (exact) mass is 251 g/mol. The van der Waals surface area contributed by atoms with Crippen molar-refractivity contribution in [3.05, 3.63) is 17.8 Å². The number of nitrogens with zero attached hydrogens (tertiary/aromatic N) is 2. The molecule has 0 spiro atoms. The molecule has 1 heterocycles. The van der Waals surface area contributed by atoms with Gasteiger partial charge >= 0.3 is 0 Å². The highest BCUT2D eigenvalue weighted by Crippen LogP contribution is 2.04. The molecule has 0 bridgehead atoms. The molecule has 0 atom stereocenters. The number of carbonyl (C=O) groups is 1. The van der Waals surface area contributed by atoms with Crippen molar-refractivity contribution in [2.45, 2.75) is 25.7 Å². The lowest BCUT2D eigenvalue weighted by atomic mass is 10.2. The van der Waals surface area contributed by atoms with Gasteiger partial charge in [0.25, 0.3) is 5.91 Å². The van der Waals surface area contributed by atoms with Gasteiger partial charge in [-0.05, 0) is 31.5 Å². The van der Waals surface area contributed by atoms with E-state index in [9.17, 15) is 4.79 Å². The average molecular weight is 251 g/mol. The number of rotatable bonds is 8. The number of anilines is 1. The molecule has 0 aliphatic heterocycles.